The maximum Gasteiger partial charge on any atom is 0.256 e. The largest absolute Gasteiger partial charge is 0.361 e. The van der Waals surface area contributed by atoms with Crippen LogP contribution >= 0.6 is 11.6 Å². The Labute approximate surface area is 145 Å². The average Bonchev–Trinajstić information content (AvgIpc) is 2.91. The molecule has 124 valence electrons. The Balaban J connectivity index is 1.69. The number of benzene rings is 1. The number of aromatic nitrogens is 1. The van der Waals surface area contributed by atoms with E-state index in [1.54, 1.807) is 0 Å². The second-order valence-corrected chi connectivity index (χ2v) is 7.02. The molecule has 2 aromatic rings. The molecule has 1 aliphatic heterocycles. The first-order chi connectivity index (χ1) is 11.6. The van der Waals surface area contributed by atoms with Crippen molar-refractivity contribution in [1.82, 2.24) is 9.88 Å². The number of nitrogens with zero attached hydrogens (tertiary/aromatic N) is 1. The Kier molecular flexibility index (Phi) is 3.72. The zero-order valence-electron chi connectivity index (χ0n) is 13.6. The molecule has 4 rings (SSSR count). The number of carbonyl (C=O) groups excluding carboxylic acids is 2. The molecule has 24 heavy (non-hydrogen) atoms. The predicted molar refractivity (Wildman–Crippen MR) is 92.7 cm³/mol. The molecule has 0 spiro atoms. The molecule has 2 aliphatic rings. The number of amides is 1. The van der Waals surface area contributed by atoms with Gasteiger partial charge in [-0.15, -0.1) is 0 Å². The summed E-state index contributed by atoms with van der Waals surface area (Å²) in [5, 5.41) is 0.769. The molecular formula is C19H19ClN2O2. The van der Waals surface area contributed by atoms with E-state index in [4.69, 9.17) is 11.6 Å². The number of fused-ring (bicyclic) bond motifs is 2. The van der Waals surface area contributed by atoms with E-state index in [1.165, 1.54) is 0 Å². The van der Waals surface area contributed by atoms with E-state index < -0.39 is 0 Å². The summed E-state index contributed by atoms with van der Waals surface area (Å²) in [6, 6.07) is 5.83. The van der Waals surface area contributed by atoms with Gasteiger partial charge in [-0.1, -0.05) is 23.7 Å². The van der Waals surface area contributed by atoms with Crippen molar-refractivity contribution in [2.75, 3.05) is 6.54 Å². The molecule has 0 unspecified atom stereocenters. The number of aromatic amines is 1. The molecule has 1 aromatic heterocycles. The summed E-state index contributed by atoms with van der Waals surface area (Å²) in [5.41, 5.74) is 5.15. The zero-order valence-corrected chi connectivity index (χ0v) is 14.4. The second kappa shape index (κ2) is 5.78. The summed E-state index contributed by atoms with van der Waals surface area (Å²) < 4.78 is 0. The van der Waals surface area contributed by atoms with Crippen molar-refractivity contribution in [3.63, 3.8) is 0 Å². The van der Waals surface area contributed by atoms with Crippen LogP contribution in [0.15, 0.2) is 18.2 Å². The minimum absolute atomic E-state index is 0.0501. The van der Waals surface area contributed by atoms with E-state index in [0.717, 1.165) is 46.8 Å². The lowest BCUT2D eigenvalue weighted by molar-refractivity contribution is 0.0728. The summed E-state index contributed by atoms with van der Waals surface area (Å²) in [4.78, 5) is 30.5. The Hall–Kier alpha value is -2.07. The van der Waals surface area contributed by atoms with Crippen LogP contribution in [0.4, 0.5) is 0 Å². The molecule has 0 atom stereocenters. The van der Waals surface area contributed by atoms with Gasteiger partial charge >= 0.3 is 0 Å². The molecule has 0 fully saturated rings. The highest BCUT2D eigenvalue weighted by atomic mass is 35.5. The highest BCUT2D eigenvalue weighted by Crippen LogP contribution is 2.31. The van der Waals surface area contributed by atoms with Crippen LogP contribution in [0.25, 0.3) is 0 Å². The molecule has 5 heteroatoms. The van der Waals surface area contributed by atoms with E-state index in [1.807, 2.05) is 30.0 Å². The van der Waals surface area contributed by atoms with Gasteiger partial charge in [0.15, 0.2) is 5.78 Å². The third-order valence-corrected chi connectivity index (χ3v) is 5.44. The molecule has 0 radical (unpaired) electrons. The van der Waals surface area contributed by atoms with Crippen LogP contribution in [0.1, 0.15) is 56.1 Å². The number of hydrogen-bond acceptors (Lipinski definition) is 2. The van der Waals surface area contributed by atoms with Crippen LogP contribution in [0.3, 0.4) is 0 Å². The van der Waals surface area contributed by atoms with Crippen molar-refractivity contribution in [3.8, 4) is 0 Å². The number of hydrogen-bond donors (Lipinski definition) is 1. The Morgan fingerprint density at radius 3 is 2.92 bits per heavy atom. The van der Waals surface area contributed by atoms with Crippen LogP contribution in [-0.2, 0) is 19.4 Å². The SMILES string of the molecule is Cc1[nH]c2c(c1C(=O)N1CCc3c(Cl)cccc3C1)C(=O)CCC2. The fraction of sp³-hybridized carbons (Fsp3) is 0.368. The Bertz CT molecular complexity index is 853. The summed E-state index contributed by atoms with van der Waals surface area (Å²) in [6.45, 7) is 3.05. The smallest absolute Gasteiger partial charge is 0.256 e. The third kappa shape index (κ3) is 2.37. The van der Waals surface area contributed by atoms with Crippen molar-refractivity contribution >= 4 is 23.3 Å². The number of H-pyrrole nitrogens is 1. The average molecular weight is 343 g/mol. The lowest BCUT2D eigenvalue weighted by Crippen LogP contribution is -2.37. The zero-order chi connectivity index (χ0) is 16.8. The van der Waals surface area contributed by atoms with Crippen molar-refractivity contribution in [2.24, 2.45) is 0 Å². The Morgan fingerprint density at radius 2 is 2.08 bits per heavy atom. The van der Waals surface area contributed by atoms with Crippen molar-refractivity contribution in [3.05, 3.63) is 56.9 Å². The maximum atomic E-state index is 13.1. The first-order valence-electron chi connectivity index (χ1n) is 8.36. The van der Waals surface area contributed by atoms with E-state index in [9.17, 15) is 9.59 Å². The number of Topliss-reactive ketones (excluding diaryl/α,β-unsaturated/α-hetero) is 1. The first kappa shape index (κ1) is 15.5. The molecule has 4 nitrogen and oxygen atoms in total. The number of aryl methyl sites for hydroxylation is 2. The van der Waals surface area contributed by atoms with Gasteiger partial charge in [0.25, 0.3) is 5.91 Å². The number of ketones is 1. The lowest BCUT2D eigenvalue weighted by atomic mass is 9.92. The summed E-state index contributed by atoms with van der Waals surface area (Å²) >= 11 is 6.26. The topological polar surface area (TPSA) is 53.2 Å². The fourth-order valence-corrected chi connectivity index (χ4v) is 4.19. The van der Waals surface area contributed by atoms with Crippen LogP contribution in [0.5, 0.6) is 0 Å². The highest BCUT2D eigenvalue weighted by Gasteiger charge is 2.32. The summed E-state index contributed by atoms with van der Waals surface area (Å²) in [6.07, 6.45) is 2.98. The van der Waals surface area contributed by atoms with Crippen LogP contribution in [0, 0.1) is 6.92 Å². The van der Waals surface area contributed by atoms with Gasteiger partial charge in [0.2, 0.25) is 0 Å². The molecule has 1 aliphatic carbocycles. The normalized spacial score (nSPS) is 16.8. The van der Waals surface area contributed by atoms with E-state index in [0.29, 0.717) is 30.6 Å². The van der Waals surface area contributed by atoms with Gasteiger partial charge < -0.3 is 9.88 Å². The maximum absolute atomic E-state index is 13.1. The van der Waals surface area contributed by atoms with E-state index in [2.05, 4.69) is 4.98 Å². The number of nitrogens with one attached hydrogen (secondary N) is 1. The van der Waals surface area contributed by atoms with Crippen molar-refractivity contribution < 1.29 is 9.59 Å². The lowest BCUT2D eigenvalue weighted by Gasteiger charge is -2.30. The molecule has 0 saturated carbocycles. The van der Waals surface area contributed by atoms with Gasteiger partial charge in [-0.05, 0) is 43.4 Å². The highest BCUT2D eigenvalue weighted by molar-refractivity contribution is 6.31. The Morgan fingerprint density at radius 1 is 1.25 bits per heavy atom. The van der Waals surface area contributed by atoms with Gasteiger partial charge in [-0.3, -0.25) is 9.59 Å². The van der Waals surface area contributed by atoms with Gasteiger partial charge in [-0.25, -0.2) is 0 Å². The summed E-state index contributed by atoms with van der Waals surface area (Å²) in [7, 11) is 0. The van der Waals surface area contributed by atoms with Gasteiger partial charge in [0.1, 0.15) is 0 Å². The summed E-state index contributed by atoms with van der Waals surface area (Å²) in [5.74, 6) is 0.0373. The molecule has 1 N–H and O–H groups in total. The molecule has 1 amide bonds. The molecule has 1 aromatic carbocycles. The third-order valence-electron chi connectivity index (χ3n) is 5.08. The van der Waals surface area contributed by atoms with Crippen LogP contribution < -0.4 is 0 Å². The minimum atomic E-state index is -0.0501. The first-order valence-corrected chi connectivity index (χ1v) is 8.74. The monoisotopic (exact) mass is 342 g/mol. The van der Waals surface area contributed by atoms with Gasteiger partial charge in [0.05, 0.1) is 11.1 Å². The van der Waals surface area contributed by atoms with Gasteiger partial charge in [-0.2, -0.15) is 0 Å². The predicted octanol–water partition coefficient (Wildman–Crippen LogP) is 3.69. The molecule has 0 saturated heterocycles. The van der Waals surface area contributed by atoms with E-state index >= 15 is 0 Å². The molecule has 2 heterocycles. The molecule has 0 bridgehead atoms. The number of carbonyl (C=O) groups is 2. The quantitative estimate of drug-likeness (QED) is 0.859. The number of halogens is 1. The van der Waals surface area contributed by atoms with Crippen LogP contribution in [0.2, 0.25) is 5.02 Å². The van der Waals surface area contributed by atoms with Crippen LogP contribution in [-0.4, -0.2) is 28.1 Å². The molecular weight excluding hydrogens is 324 g/mol. The van der Waals surface area contributed by atoms with Crippen molar-refractivity contribution in [1.29, 1.82) is 0 Å². The van der Waals surface area contributed by atoms with Gasteiger partial charge in [0, 0.05) is 35.9 Å². The minimum Gasteiger partial charge on any atom is -0.361 e. The van der Waals surface area contributed by atoms with E-state index in [-0.39, 0.29) is 11.7 Å². The van der Waals surface area contributed by atoms with Crippen molar-refractivity contribution in [2.45, 2.75) is 39.2 Å². The standard InChI is InChI=1S/C19H19ClN2O2/c1-11-17(18-15(21-11)6-3-7-16(18)23)19(24)22-9-8-13-12(10-22)4-2-5-14(13)20/h2,4-5,21H,3,6-10H2,1H3. The second-order valence-electron chi connectivity index (χ2n) is 6.61. The fourth-order valence-electron chi connectivity index (χ4n) is 3.90. The number of rotatable bonds is 1.